The Bertz CT molecular complexity index is 346. The molecule has 15 heavy (non-hydrogen) atoms. The second-order valence-corrected chi connectivity index (χ2v) is 5.06. The maximum atomic E-state index is 11.4. The van der Waals surface area contributed by atoms with Crippen LogP contribution >= 0.6 is 11.3 Å². The van der Waals surface area contributed by atoms with Gasteiger partial charge in [0.25, 0.3) is 0 Å². The summed E-state index contributed by atoms with van der Waals surface area (Å²) in [7, 11) is 0. The maximum absolute atomic E-state index is 11.4. The molecule has 1 aliphatic rings. The summed E-state index contributed by atoms with van der Waals surface area (Å²) in [5, 5.41) is 9.74. The zero-order valence-electron chi connectivity index (χ0n) is 8.67. The van der Waals surface area contributed by atoms with E-state index in [1.165, 1.54) is 4.88 Å². The number of carbonyl (C=O) groups excluding carboxylic acids is 1. The molecule has 0 unspecified atom stereocenters. The number of rotatable bonds is 3. The third-order valence-electron chi connectivity index (χ3n) is 2.39. The highest BCUT2D eigenvalue weighted by Gasteiger charge is 2.17. The van der Waals surface area contributed by atoms with Crippen molar-refractivity contribution in [3.05, 3.63) is 17.0 Å². The van der Waals surface area contributed by atoms with Gasteiger partial charge in [-0.05, 0) is 19.1 Å². The van der Waals surface area contributed by atoms with Gasteiger partial charge in [0, 0.05) is 30.4 Å². The number of amides is 2. The van der Waals surface area contributed by atoms with Crippen LogP contribution in [0.5, 0.6) is 0 Å². The first-order valence-corrected chi connectivity index (χ1v) is 5.87. The van der Waals surface area contributed by atoms with Gasteiger partial charge in [0.2, 0.25) is 0 Å². The fraction of sp³-hybridized carbons (Fsp3) is 0.500. The Morgan fingerprint density at radius 2 is 2.40 bits per heavy atom. The van der Waals surface area contributed by atoms with Crippen molar-refractivity contribution in [2.24, 2.45) is 5.92 Å². The lowest BCUT2D eigenvalue weighted by Crippen LogP contribution is -2.48. The number of urea groups is 1. The molecule has 4 nitrogen and oxygen atoms in total. The summed E-state index contributed by atoms with van der Waals surface area (Å²) >= 11 is 1.59. The Balaban J connectivity index is 1.71. The van der Waals surface area contributed by atoms with E-state index < -0.39 is 0 Å². The molecular formula is C10H15N3OS. The molecule has 1 saturated heterocycles. The quantitative estimate of drug-likeness (QED) is 0.728. The molecule has 0 saturated carbocycles. The molecule has 82 valence electrons. The minimum absolute atomic E-state index is 0.108. The van der Waals surface area contributed by atoms with Crippen molar-refractivity contribution in [2.45, 2.75) is 6.92 Å². The van der Waals surface area contributed by atoms with Gasteiger partial charge in [-0.25, -0.2) is 4.79 Å². The van der Waals surface area contributed by atoms with Crippen LogP contribution in [0.1, 0.15) is 4.88 Å². The molecule has 0 aliphatic carbocycles. The summed E-state index contributed by atoms with van der Waals surface area (Å²) in [4.78, 5) is 12.6. The van der Waals surface area contributed by atoms with Gasteiger partial charge in [0.05, 0.1) is 5.00 Å². The second-order valence-electron chi connectivity index (χ2n) is 3.77. The standard InChI is InChI=1S/C10H15N3OS/c1-7-2-3-9(15-7)13-10(14)12-6-8-4-11-5-8/h2-3,8,11H,4-6H2,1H3,(H2,12,13,14). The molecule has 1 aromatic rings. The first kappa shape index (κ1) is 10.4. The van der Waals surface area contributed by atoms with Gasteiger partial charge in [0.1, 0.15) is 0 Å². The van der Waals surface area contributed by atoms with E-state index in [4.69, 9.17) is 0 Å². The molecule has 0 atom stereocenters. The summed E-state index contributed by atoms with van der Waals surface area (Å²) in [5.41, 5.74) is 0. The highest BCUT2D eigenvalue weighted by atomic mass is 32.1. The van der Waals surface area contributed by atoms with E-state index >= 15 is 0 Å². The summed E-state index contributed by atoms with van der Waals surface area (Å²) < 4.78 is 0. The molecule has 0 aromatic carbocycles. The van der Waals surface area contributed by atoms with Crippen molar-refractivity contribution in [3.8, 4) is 0 Å². The van der Waals surface area contributed by atoms with Gasteiger partial charge < -0.3 is 10.6 Å². The maximum Gasteiger partial charge on any atom is 0.319 e. The van der Waals surface area contributed by atoms with Crippen LogP contribution in [0.25, 0.3) is 0 Å². The highest BCUT2D eigenvalue weighted by molar-refractivity contribution is 7.16. The number of anilines is 1. The van der Waals surface area contributed by atoms with E-state index in [1.807, 2.05) is 19.1 Å². The van der Waals surface area contributed by atoms with Crippen LogP contribution < -0.4 is 16.0 Å². The Morgan fingerprint density at radius 1 is 1.60 bits per heavy atom. The lowest BCUT2D eigenvalue weighted by molar-refractivity contribution is 0.246. The Labute approximate surface area is 93.1 Å². The molecule has 0 bridgehead atoms. The van der Waals surface area contributed by atoms with Gasteiger partial charge in [-0.2, -0.15) is 0 Å². The fourth-order valence-corrected chi connectivity index (χ4v) is 2.15. The average Bonchev–Trinajstić information content (AvgIpc) is 2.48. The van der Waals surface area contributed by atoms with Crippen molar-refractivity contribution in [2.75, 3.05) is 25.0 Å². The molecule has 0 spiro atoms. The Morgan fingerprint density at radius 3 is 2.93 bits per heavy atom. The molecule has 0 radical (unpaired) electrons. The van der Waals surface area contributed by atoms with Crippen LogP contribution in [-0.2, 0) is 0 Å². The summed E-state index contributed by atoms with van der Waals surface area (Å²) in [5.74, 6) is 0.598. The molecule has 1 aliphatic heterocycles. The largest absolute Gasteiger partial charge is 0.337 e. The lowest BCUT2D eigenvalue weighted by atomic mass is 10.0. The van der Waals surface area contributed by atoms with Crippen LogP contribution in [0.3, 0.4) is 0 Å². The molecule has 1 fully saturated rings. The minimum Gasteiger partial charge on any atom is -0.337 e. The van der Waals surface area contributed by atoms with Crippen LogP contribution in [-0.4, -0.2) is 25.7 Å². The lowest BCUT2D eigenvalue weighted by Gasteiger charge is -2.26. The summed E-state index contributed by atoms with van der Waals surface area (Å²) in [6.07, 6.45) is 0. The zero-order chi connectivity index (χ0) is 10.7. The van der Waals surface area contributed by atoms with Crippen LogP contribution in [0.15, 0.2) is 12.1 Å². The van der Waals surface area contributed by atoms with E-state index in [0.29, 0.717) is 5.92 Å². The third-order valence-corrected chi connectivity index (χ3v) is 3.31. The van der Waals surface area contributed by atoms with Gasteiger partial charge in [-0.1, -0.05) is 0 Å². The number of aryl methyl sites for hydroxylation is 1. The smallest absolute Gasteiger partial charge is 0.319 e. The Kier molecular flexibility index (Phi) is 3.23. The second kappa shape index (κ2) is 4.63. The van der Waals surface area contributed by atoms with Crippen LogP contribution in [0, 0.1) is 12.8 Å². The molecule has 2 rings (SSSR count). The molecule has 3 N–H and O–H groups in total. The van der Waals surface area contributed by atoms with Crippen molar-refractivity contribution < 1.29 is 4.79 Å². The average molecular weight is 225 g/mol. The molecule has 5 heteroatoms. The van der Waals surface area contributed by atoms with Gasteiger partial charge in [-0.15, -0.1) is 11.3 Å². The molecular weight excluding hydrogens is 210 g/mol. The predicted octanol–water partition coefficient (Wildman–Crippen LogP) is 1.40. The van der Waals surface area contributed by atoms with E-state index in [1.54, 1.807) is 11.3 Å². The number of hydrogen-bond donors (Lipinski definition) is 3. The monoisotopic (exact) mass is 225 g/mol. The number of thiophene rings is 1. The van der Waals surface area contributed by atoms with Crippen molar-refractivity contribution in [1.82, 2.24) is 10.6 Å². The van der Waals surface area contributed by atoms with Crippen LogP contribution in [0.4, 0.5) is 9.80 Å². The van der Waals surface area contributed by atoms with E-state index in [-0.39, 0.29) is 6.03 Å². The molecule has 2 heterocycles. The van der Waals surface area contributed by atoms with E-state index in [9.17, 15) is 4.79 Å². The normalized spacial score (nSPS) is 15.8. The highest BCUT2D eigenvalue weighted by Crippen LogP contribution is 2.20. The van der Waals surface area contributed by atoms with Crippen molar-refractivity contribution in [1.29, 1.82) is 0 Å². The minimum atomic E-state index is -0.108. The predicted molar refractivity (Wildman–Crippen MR) is 62.4 cm³/mol. The summed E-state index contributed by atoms with van der Waals surface area (Å²) in [6, 6.07) is 3.81. The van der Waals surface area contributed by atoms with E-state index in [0.717, 1.165) is 24.6 Å². The summed E-state index contributed by atoms with van der Waals surface area (Å²) in [6.45, 7) is 4.80. The van der Waals surface area contributed by atoms with Gasteiger partial charge in [0.15, 0.2) is 0 Å². The van der Waals surface area contributed by atoms with Crippen molar-refractivity contribution in [3.63, 3.8) is 0 Å². The van der Waals surface area contributed by atoms with Crippen molar-refractivity contribution >= 4 is 22.4 Å². The molecule has 1 aromatic heterocycles. The van der Waals surface area contributed by atoms with E-state index in [2.05, 4.69) is 16.0 Å². The molecule has 2 amide bonds. The topological polar surface area (TPSA) is 53.2 Å². The first-order valence-electron chi connectivity index (χ1n) is 5.06. The van der Waals surface area contributed by atoms with Crippen LogP contribution in [0.2, 0.25) is 0 Å². The zero-order valence-corrected chi connectivity index (χ0v) is 9.49. The SMILES string of the molecule is Cc1ccc(NC(=O)NCC2CNC2)s1. The van der Waals surface area contributed by atoms with Gasteiger partial charge in [-0.3, -0.25) is 5.32 Å². The Hall–Kier alpha value is -1.07. The number of nitrogens with one attached hydrogen (secondary N) is 3. The number of carbonyl (C=O) groups is 1. The third kappa shape index (κ3) is 2.94. The fourth-order valence-electron chi connectivity index (χ4n) is 1.39. The first-order chi connectivity index (χ1) is 7.24. The number of hydrogen-bond acceptors (Lipinski definition) is 3. The van der Waals surface area contributed by atoms with Gasteiger partial charge >= 0.3 is 6.03 Å².